The van der Waals surface area contributed by atoms with Crippen molar-refractivity contribution in [3.8, 4) is 6.07 Å². The Morgan fingerprint density at radius 2 is 2.03 bits per heavy atom. The topological polar surface area (TPSA) is 105 Å². The number of H-pyrrole nitrogens is 1. The highest BCUT2D eigenvalue weighted by atomic mass is 19.4. The van der Waals surface area contributed by atoms with Crippen molar-refractivity contribution in [3.05, 3.63) is 52.4 Å². The van der Waals surface area contributed by atoms with Gasteiger partial charge in [0.1, 0.15) is 5.39 Å². The fourth-order valence-corrected chi connectivity index (χ4v) is 3.96. The first-order valence-corrected chi connectivity index (χ1v) is 10.3. The molecule has 0 radical (unpaired) electrons. The van der Waals surface area contributed by atoms with Gasteiger partial charge < -0.3 is 19.8 Å². The largest absolute Gasteiger partial charge is 0.421 e. The molecule has 4 rings (SSSR count). The van der Waals surface area contributed by atoms with Crippen molar-refractivity contribution in [3.63, 3.8) is 0 Å². The summed E-state index contributed by atoms with van der Waals surface area (Å²) in [5, 5.41) is 17.4. The molecule has 8 nitrogen and oxygen atoms in total. The maximum absolute atomic E-state index is 13.5. The van der Waals surface area contributed by atoms with E-state index in [9.17, 15) is 23.2 Å². The van der Waals surface area contributed by atoms with Crippen LogP contribution in [-0.2, 0) is 15.1 Å². The van der Waals surface area contributed by atoms with Gasteiger partial charge in [-0.25, -0.2) is 0 Å². The lowest BCUT2D eigenvalue weighted by Crippen LogP contribution is -2.41. The lowest BCUT2D eigenvalue weighted by atomic mass is 9.95. The van der Waals surface area contributed by atoms with Gasteiger partial charge in [0.25, 0.3) is 5.56 Å². The minimum Gasteiger partial charge on any atom is -0.379 e. The van der Waals surface area contributed by atoms with Crippen LogP contribution >= 0.6 is 0 Å². The van der Waals surface area contributed by atoms with Crippen molar-refractivity contribution in [2.45, 2.75) is 31.2 Å². The third-order valence-corrected chi connectivity index (χ3v) is 6.08. The second kappa shape index (κ2) is 8.53. The standard InChI is InChI=1S/C22H22F3N5O3/c1-21(32-2,22(23,24)25)14-3-5-15(6-4-14)28-19-18-16(7-9-27-20(18)31)30(29-19)17-12-33-10-8-13(17)11-26/h3-7,9,13,17H,8,10,12H2,1-2H3,(H,27,31)(H,28,29). The molecule has 11 heteroatoms. The number of methoxy groups -OCH3 is 1. The summed E-state index contributed by atoms with van der Waals surface area (Å²) in [6.45, 7) is 1.72. The number of nitrogens with one attached hydrogen (secondary N) is 2. The summed E-state index contributed by atoms with van der Waals surface area (Å²) in [6, 6.07) is 9.13. The maximum atomic E-state index is 13.5. The molecular weight excluding hydrogens is 439 g/mol. The zero-order valence-electron chi connectivity index (χ0n) is 17.9. The van der Waals surface area contributed by atoms with E-state index in [-0.39, 0.29) is 40.9 Å². The summed E-state index contributed by atoms with van der Waals surface area (Å²) < 4.78 is 52.3. The minimum absolute atomic E-state index is 0.0625. The quantitative estimate of drug-likeness (QED) is 0.595. The number of benzene rings is 1. The van der Waals surface area contributed by atoms with Gasteiger partial charge in [-0.2, -0.15) is 23.5 Å². The molecule has 3 aromatic rings. The van der Waals surface area contributed by atoms with Crippen LogP contribution in [0.4, 0.5) is 24.7 Å². The molecule has 174 valence electrons. The van der Waals surface area contributed by atoms with Crippen molar-refractivity contribution >= 4 is 22.4 Å². The molecule has 1 aliphatic heterocycles. The molecule has 0 saturated carbocycles. The highest BCUT2D eigenvalue weighted by Gasteiger charge is 2.53. The van der Waals surface area contributed by atoms with Crippen LogP contribution in [0.15, 0.2) is 41.3 Å². The molecular formula is C22H22F3N5O3. The molecule has 3 atom stereocenters. The van der Waals surface area contributed by atoms with Crippen LogP contribution < -0.4 is 10.9 Å². The first-order valence-electron chi connectivity index (χ1n) is 10.3. The van der Waals surface area contributed by atoms with Crippen molar-refractivity contribution in [1.82, 2.24) is 14.8 Å². The normalized spacial score (nSPS) is 20.8. The van der Waals surface area contributed by atoms with Gasteiger partial charge in [0, 0.05) is 25.6 Å². The van der Waals surface area contributed by atoms with Gasteiger partial charge in [0.05, 0.1) is 30.2 Å². The zero-order chi connectivity index (χ0) is 23.8. The number of hydrogen-bond donors (Lipinski definition) is 2. The van der Waals surface area contributed by atoms with Crippen LogP contribution in [0, 0.1) is 17.2 Å². The molecule has 2 aromatic heterocycles. The summed E-state index contributed by atoms with van der Waals surface area (Å²) in [6.07, 6.45) is -2.55. The highest BCUT2D eigenvalue weighted by Crippen LogP contribution is 2.41. The van der Waals surface area contributed by atoms with E-state index in [2.05, 4.69) is 21.5 Å². The number of alkyl halides is 3. The van der Waals surface area contributed by atoms with Crippen molar-refractivity contribution in [2.24, 2.45) is 5.92 Å². The number of nitriles is 1. The molecule has 1 aliphatic rings. The molecule has 0 amide bonds. The SMILES string of the molecule is COC(C)(c1ccc(Nc2nn(C3COCCC3C#N)c3cc[nH]c(=O)c23)cc1)C(F)(F)F. The first kappa shape index (κ1) is 22.8. The fraction of sp³-hybridized carbons (Fsp3) is 0.409. The Hall–Kier alpha value is -3.36. The van der Waals surface area contributed by atoms with E-state index in [0.717, 1.165) is 14.0 Å². The zero-order valence-corrected chi connectivity index (χ0v) is 17.9. The Balaban J connectivity index is 1.72. The Morgan fingerprint density at radius 1 is 1.30 bits per heavy atom. The number of ether oxygens (including phenoxy) is 2. The van der Waals surface area contributed by atoms with Crippen molar-refractivity contribution < 1.29 is 22.6 Å². The van der Waals surface area contributed by atoms with E-state index in [1.807, 2.05) is 0 Å². The number of rotatable bonds is 5. The summed E-state index contributed by atoms with van der Waals surface area (Å²) in [5.41, 5.74) is -1.94. The second-order valence-corrected chi connectivity index (χ2v) is 7.96. The van der Waals surface area contributed by atoms with Gasteiger partial charge in [0.15, 0.2) is 11.4 Å². The van der Waals surface area contributed by atoms with Crippen LogP contribution in [0.3, 0.4) is 0 Å². The molecule has 0 bridgehead atoms. The van der Waals surface area contributed by atoms with Crippen molar-refractivity contribution in [1.29, 1.82) is 5.26 Å². The van der Waals surface area contributed by atoms with E-state index in [1.54, 1.807) is 10.7 Å². The number of halogens is 3. The molecule has 2 N–H and O–H groups in total. The third-order valence-electron chi connectivity index (χ3n) is 6.08. The van der Waals surface area contributed by atoms with Crippen LogP contribution in [0.1, 0.15) is 24.9 Å². The van der Waals surface area contributed by atoms with Crippen LogP contribution in [0.5, 0.6) is 0 Å². The van der Waals surface area contributed by atoms with E-state index in [0.29, 0.717) is 24.2 Å². The van der Waals surface area contributed by atoms with Gasteiger partial charge in [0.2, 0.25) is 0 Å². The predicted octanol–water partition coefficient (Wildman–Crippen LogP) is 3.99. The molecule has 0 aliphatic carbocycles. The smallest absolute Gasteiger partial charge is 0.379 e. The maximum Gasteiger partial charge on any atom is 0.421 e. The average molecular weight is 461 g/mol. The lowest BCUT2D eigenvalue weighted by Gasteiger charge is -2.31. The Morgan fingerprint density at radius 3 is 2.67 bits per heavy atom. The third kappa shape index (κ3) is 3.96. The molecule has 33 heavy (non-hydrogen) atoms. The van der Waals surface area contributed by atoms with E-state index >= 15 is 0 Å². The Kier molecular flexibility index (Phi) is 5.90. The van der Waals surface area contributed by atoms with Gasteiger partial charge >= 0.3 is 6.18 Å². The summed E-state index contributed by atoms with van der Waals surface area (Å²) in [7, 11) is 1.01. The molecule has 0 spiro atoms. The van der Waals surface area contributed by atoms with E-state index < -0.39 is 11.8 Å². The van der Waals surface area contributed by atoms with Crippen LogP contribution in [0.2, 0.25) is 0 Å². The fourth-order valence-electron chi connectivity index (χ4n) is 3.96. The summed E-state index contributed by atoms with van der Waals surface area (Å²) >= 11 is 0. The minimum atomic E-state index is -4.60. The number of aromatic amines is 1. The van der Waals surface area contributed by atoms with Gasteiger partial charge in [-0.05, 0) is 37.1 Å². The van der Waals surface area contributed by atoms with Crippen LogP contribution in [-0.4, -0.2) is 41.3 Å². The summed E-state index contributed by atoms with van der Waals surface area (Å²) in [4.78, 5) is 15.2. The number of pyridine rings is 1. The van der Waals surface area contributed by atoms with Crippen molar-refractivity contribution in [2.75, 3.05) is 25.6 Å². The Bertz CT molecular complexity index is 1250. The lowest BCUT2D eigenvalue weighted by molar-refractivity contribution is -0.269. The van der Waals surface area contributed by atoms with E-state index in [1.165, 1.54) is 30.5 Å². The molecule has 1 saturated heterocycles. The number of anilines is 2. The highest BCUT2D eigenvalue weighted by molar-refractivity contribution is 5.91. The second-order valence-electron chi connectivity index (χ2n) is 7.96. The van der Waals surface area contributed by atoms with Gasteiger partial charge in [-0.15, -0.1) is 0 Å². The predicted molar refractivity (Wildman–Crippen MR) is 114 cm³/mol. The molecule has 1 aromatic carbocycles. The average Bonchev–Trinajstić information content (AvgIpc) is 3.17. The number of aromatic nitrogens is 3. The summed E-state index contributed by atoms with van der Waals surface area (Å²) in [5.74, 6) is -0.102. The molecule has 3 unspecified atom stereocenters. The molecule has 3 heterocycles. The number of nitrogens with zero attached hydrogens (tertiary/aromatic N) is 3. The van der Waals surface area contributed by atoms with E-state index in [4.69, 9.17) is 9.47 Å². The monoisotopic (exact) mass is 461 g/mol. The number of fused-ring (bicyclic) bond motifs is 1. The Labute approximate surface area is 186 Å². The van der Waals surface area contributed by atoms with Gasteiger partial charge in [-0.1, -0.05) is 12.1 Å². The van der Waals surface area contributed by atoms with Gasteiger partial charge in [-0.3, -0.25) is 9.48 Å². The first-order chi connectivity index (χ1) is 15.7. The molecule has 1 fully saturated rings. The van der Waals surface area contributed by atoms with Crippen LogP contribution in [0.25, 0.3) is 10.9 Å². The number of hydrogen-bond acceptors (Lipinski definition) is 6.